The standard InChI is InChI=1S/C22H20N4O2/c1-14(19-15(2)23-25(21(19)27)17-10-6-4-7-11-17)20-16(3)24-26(22(20)28)18-12-8-5-9-13-18/h4-13,23-24H,1H2,2-3H3. The second-order valence-electron chi connectivity index (χ2n) is 6.65. The topological polar surface area (TPSA) is 75.6 Å². The van der Waals surface area contributed by atoms with Gasteiger partial charge in [-0.1, -0.05) is 43.0 Å². The van der Waals surface area contributed by atoms with Crippen LogP contribution in [0.1, 0.15) is 22.5 Å². The quantitative estimate of drug-likeness (QED) is 0.577. The van der Waals surface area contributed by atoms with Gasteiger partial charge < -0.3 is 0 Å². The van der Waals surface area contributed by atoms with Crippen molar-refractivity contribution in [1.29, 1.82) is 0 Å². The third-order valence-corrected chi connectivity index (χ3v) is 4.78. The fourth-order valence-corrected chi connectivity index (χ4v) is 3.45. The number of para-hydroxylation sites is 2. The molecule has 2 heterocycles. The molecule has 0 fully saturated rings. The molecule has 28 heavy (non-hydrogen) atoms. The number of hydrogen-bond acceptors (Lipinski definition) is 2. The van der Waals surface area contributed by atoms with Gasteiger partial charge in [0.2, 0.25) is 0 Å². The molecule has 0 aliphatic carbocycles. The average Bonchev–Trinajstić information content (AvgIpc) is 3.17. The zero-order valence-electron chi connectivity index (χ0n) is 15.7. The molecule has 2 aromatic heterocycles. The number of benzene rings is 2. The van der Waals surface area contributed by atoms with Gasteiger partial charge in [-0.2, -0.15) is 0 Å². The summed E-state index contributed by atoms with van der Waals surface area (Å²) < 4.78 is 2.93. The van der Waals surface area contributed by atoms with Gasteiger partial charge in [-0.25, -0.2) is 9.36 Å². The van der Waals surface area contributed by atoms with Crippen LogP contribution < -0.4 is 11.1 Å². The first-order chi connectivity index (χ1) is 13.5. The molecular formula is C22H20N4O2. The van der Waals surface area contributed by atoms with E-state index in [1.165, 1.54) is 9.36 Å². The van der Waals surface area contributed by atoms with Gasteiger partial charge in [0.1, 0.15) is 0 Å². The average molecular weight is 372 g/mol. The van der Waals surface area contributed by atoms with Gasteiger partial charge in [0.05, 0.1) is 22.5 Å². The van der Waals surface area contributed by atoms with Gasteiger partial charge in [-0.05, 0) is 43.7 Å². The Morgan fingerprint density at radius 2 is 1.07 bits per heavy atom. The van der Waals surface area contributed by atoms with Crippen LogP contribution in [0.5, 0.6) is 0 Å². The van der Waals surface area contributed by atoms with Crippen LogP contribution in [0, 0.1) is 13.8 Å². The molecule has 6 heteroatoms. The van der Waals surface area contributed by atoms with Crippen molar-refractivity contribution in [2.24, 2.45) is 0 Å². The number of H-pyrrole nitrogens is 2. The molecule has 0 bridgehead atoms. The van der Waals surface area contributed by atoms with Crippen LogP contribution in [0.15, 0.2) is 76.8 Å². The predicted molar refractivity (Wildman–Crippen MR) is 110 cm³/mol. The van der Waals surface area contributed by atoms with Crippen LogP contribution in [0.3, 0.4) is 0 Å². The molecule has 0 radical (unpaired) electrons. The van der Waals surface area contributed by atoms with Crippen molar-refractivity contribution >= 4 is 5.57 Å². The van der Waals surface area contributed by atoms with E-state index in [0.29, 0.717) is 28.1 Å². The van der Waals surface area contributed by atoms with Crippen molar-refractivity contribution in [2.45, 2.75) is 13.8 Å². The highest BCUT2D eigenvalue weighted by Gasteiger charge is 2.22. The van der Waals surface area contributed by atoms with E-state index in [4.69, 9.17) is 0 Å². The third-order valence-electron chi connectivity index (χ3n) is 4.78. The van der Waals surface area contributed by atoms with E-state index in [1.54, 1.807) is 13.8 Å². The Balaban J connectivity index is 1.84. The maximum atomic E-state index is 13.1. The molecular weight excluding hydrogens is 352 g/mol. The molecule has 4 aromatic rings. The number of aromatic amines is 2. The number of nitrogens with one attached hydrogen (secondary N) is 2. The zero-order valence-corrected chi connectivity index (χ0v) is 15.7. The molecule has 2 N–H and O–H groups in total. The second-order valence-corrected chi connectivity index (χ2v) is 6.65. The number of aromatic nitrogens is 4. The molecule has 0 spiro atoms. The SMILES string of the molecule is C=C(c1c(C)[nH]n(-c2ccccc2)c1=O)c1c(C)[nH]n(-c2ccccc2)c1=O. The summed E-state index contributed by atoms with van der Waals surface area (Å²) >= 11 is 0. The van der Waals surface area contributed by atoms with Crippen LogP contribution in [-0.2, 0) is 0 Å². The number of aryl methyl sites for hydroxylation is 2. The number of hydrogen-bond donors (Lipinski definition) is 2. The van der Waals surface area contributed by atoms with Gasteiger partial charge in [0.25, 0.3) is 11.1 Å². The largest absolute Gasteiger partial charge is 0.295 e. The van der Waals surface area contributed by atoms with Gasteiger partial charge in [-0.15, -0.1) is 0 Å². The minimum absolute atomic E-state index is 0.236. The summed E-state index contributed by atoms with van der Waals surface area (Å²) in [5, 5.41) is 6.16. The molecule has 0 atom stereocenters. The Bertz CT molecular complexity index is 1170. The second kappa shape index (κ2) is 6.74. The van der Waals surface area contributed by atoms with Crippen LogP contribution >= 0.6 is 0 Å². The highest BCUT2D eigenvalue weighted by Crippen LogP contribution is 2.22. The minimum Gasteiger partial charge on any atom is -0.295 e. The highest BCUT2D eigenvalue weighted by molar-refractivity contribution is 5.80. The summed E-state index contributed by atoms with van der Waals surface area (Å²) in [5.41, 5.74) is 3.51. The minimum atomic E-state index is -0.236. The molecule has 4 rings (SSSR count). The lowest BCUT2D eigenvalue weighted by molar-refractivity contribution is 0.835. The number of rotatable bonds is 4. The summed E-state index contributed by atoms with van der Waals surface area (Å²) in [6, 6.07) is 18.6. The van der Waals surface area contributed by atoms with E-state index in [1.807, 2.05) is 60.7 Å². The lowest BCUT2D eigenvalue weighted by Crippen LogP contribution is -2.20. The molecule has 0 saturated carbocycles. The van der Waals surface area contributed by atoms with Crippen LogP contribution in [-0.4, -0.2) is 19.6 Å². The normalized spacial score (nSPS) is 10.9. The lowest BCUT2D eigenvalue weighted by Gasteiger charge is -2.01. The summed E-state index contributed by atoms with van der Waals surface area (Å²) in [6.07, 6.45) is 0. The molecule has 140 valence electrons. The maximum absolute atomic E-state index is 13.1. The van der Waals surface area contributed by atoms with Crippen molar-refractivity contribution < 1.29 is 0 Å². The monoisotopic (exact) mass is 372 g/mol. The predicted octanol–water partition coefficient (Wildman–Crippen LogP) is 3.32. The third kappa shape index (κ3) is 2.75. The fraction of sp³-hybridized carbons (Fsp3) is 0.0909. The highest BCUT2D eigenvalue weighted by atomic mass is 16.1. The molecule has 2 aromatic carbocycles. The summed E-state index contributed by atoms with van der Waals surface area (Å²) in [6.45, 7) is 7.70. The maximum Gasteiger partial charge on any atom is 0.279 e. The van der Waals surface area contributed by atoms with E-state index >= 15 is 0 Å². The molecule has 6 nitrogen and oxygen atoms in total. The Labute approximate surface area is 161 Å². The Kier molecular flexibility index (Phi) is 4.24. The van der Waals surface area contributed by atoms with Crippen molar-refractivity contribution in [3.8, 4) is 11.4 Å². The summed E-state index contributed by atoms with van der Waals surface area (Å²) in [4.78, 5) is 26.1. The molecule has 0 amide bonds. The van der Waals surface area contributed by atoms with Gasteiger partial charge >= 0.3 is 0 Å². The summed E-state index contributed by atoms with van der Waals surface area (Å²) in [7, 11) is 0. The Morgan fingerprint density at radius 3 is 1.43 bits per heavy atom. The van der Waals surface area contributed by atoms with Gasteiger partial charge in [0.15, 0.2) is 0 Å². The van der Waals surface area contributed by atoms with E-state index in [0.717, 1.165) is 11.4 Å². The van der Waals surface area contributed by atoms with Gasteiger partial charge in [-0.3, -0.25) is 19.8 Å². The zero-order chi connectivity index (χ0) is 19.8. The molecule has 0 saturated heterocycles. The van der Waals surface area contributed by atoms with Gasteiger partial charge in [0, 0.05) is 11.4 Å². The van der Waals surface area contributed by atoms with Crippen LogP contribution in [0.4, 0.5) is 0 Å². The Morgan fingerprint density at radius 1 is 0.714 bits per heavy atom. The van der Waals surface area contributed by atoms with Crippen molar-refractivity contribution in [1.82, 2.24) is 19.6 Å². The Hall–Kier alpha value is -3.80. The molecule has 0 unspecified atom stereocenters. The van der Waals surface area contributed by atoms with E-state index in [2.05, 4.69) is 16.8 Å². The molecule has 0 aliphatic rings. The molecule has 0 aliphatic heterocycles. The smallest absolute Gasteiger partial charge is 0.279 e. The first kappa shape index (κ1) is 17.6. The van der Waals surface area contributed by atoms with Crippen LogP contribution in [0.25, 0.3) is 16.9 Å². The first-order valence-electron chi connectivity index (χ1n) is 8.92. The van der Waals surface area contributed by atoms with Crippen molar-refractivity contribution in [3.63, 3.8) is 0 Å². The van der Waals surface area contributed by atoms with E-state index in [-0.39, 0.29) is 11.1 Å². The summed E-state index contributed by atoms with van der Waals surface area (Å²) in [5.74, 6) is 0. The van der Waals surface area contributed by atoms with Crippen molar-refractivity contribution in [2.75, 3.05) is 0 Å². The fourth-order valence-electron chi connectivity index (χ4n) is 3.45. The first-order valence-corrected chi connectivity index (χ1v) is 8.92. The van der Waals surface area contributed by atoms with E-state index < -0.39 is 0 Å². The lowest BCUT2D eigenvalue weighted by atomic mass is 10.0. The van der Waals surface area contributed by atoms with E-state index in [9.17, 15) is 9.59 Å². The van der Waals surface area contributed by atoms with Crippen LogP contribution in [0.2, 0.25) is 0 Å². The van der Waals surface area contributed by atoms with Crippen molar-refractivity contribution in [3.05, 3.63) is 110 Å². The number of nitrogens with zero attached hydrogens (tertiary/aromatic N) is 2.